The number of pyridine rings is 3. The van der Waals surface area contributed by atoms with Crippen LogP contribution in [0, 0.1) is 5.92 Å². The molecule has 0 aliphatic carbocycles. The van der Waals surface area contributed by atoms with E-state index in [2.05, 4.69) is 15.4 Å². The summed E-state index contributed by atoms with van der Waals surface area (Å²) in [7, 11) is 3.24. The average molecular weight is 544 g/mol. The van der Waals surface area contributed by atoms with Gasteiger partial charge in [-0.25, -0.2) is 14.8 Å². The molecular weight excluding hydrogens is 510 g/mol. The molecule has 0 spiro atoms. The van der Waals surface area contributed by atoms with Crippen molar-refractivity contribution in [3.05, 3.63) is 55.1 Å². The zero-order valence-corrected chi connectivity index (χ0v) is 23.3. The largest absolute Gasteiger partial charge is 0.469 e. The van der Waals surface area contributed by atoms with Crippen LogP contribution >= 0.6 is 0 Å². The number of piperidine rings is 1. The van der Waals surface area contributed by atoms with Gasteiger partial charge in [-0.1, -0.05) is 0 Å². The van der Waals surface area contributed by atoms with Gasteiger partial charge in [-0.15, -0.1) is 0 Å². The summed E-state index contributed by atoms with van der Waals surface area (Å²) >= 11 is 0. The van der Waals surface area contributed by atoms with Crippen molar-refractivity contribution in [2.75, 3.05) is 18.6 Å². The van der Waals surface area contributed by atoms with E-state index in [-0.39, 0.29) is 11.9 Å². The molecular formula is C29H33N7O4. The number of esters is 1. The minimum Gasteiger partial charge on any atom is -0.469 e. The summed E-state index contributed by atoms with van der Waals surface area (Å²) in [4.78, 5) is 41.2. The first-order valence-corrected chi connectivity index (χ1v) is 13.2. The van der Waals surface area contributed by atoms with Gasteiger partial charge in [-0.2, -0.15) is 5.10 Å². The molecule has 208 valence electrons. The van der Waals surface area contributed by atoms with Crippen LogP contribution in [0.25, 0.3) is 33.4 Å². The highest BCUT2D eigenvalue weighted by Gasteiger charge is 2.35. The van der Waals surface area contributed by atoms with Crippen LogP contribution in [0.4, 0.5) is 10.6 Å². The molecule has 5 heterocycles. The van der Waals surface area contributed by atoms with Crippen molar-refractivity contribution >= 4 is 28.8 Å². The summed E-state index contributed by atoms with van der Waals surface area (Å²) in [6.45, 7) is 5.92. The van der Waals surface area contributed by atoms with E-state index in [0.29, 0.717) is 25.2 Å². The lowest BCUT2D eigenvalue weighted by atomic mass is 9.94. The number of nitrogens with one attached hydrogen (secondary N) is 1. The van der Waals surface area contributed by atoms with Gasteiger partial charge in [0, 0.05) is 48.7 Å². The first-order valence-electron chi connectivity index (χ1n) is 13.2. The molecule has 1 aliphatic heterocycles. The Kier molecular flexibility index (Phi) is 7.38. The van der Waals surface area contributed by atoms with Gasteiger partial charge < -0.3 is 19.7 Å². The van der Waals surface area contributed by atoms with Gasteiger partial charge in [-0.05, 0) is 63.9 Å². The minimum atomic E-state index is -0.653. The van der Waals surface area contributed by atoms with E-state index in [1.807, 2.05) is 48.5 Å². The molecule has 4 aromatic rings. The number of aromatic nitrogens is 5. The van der Waals surface area contributed by atoms with Crippen LogP contribution in [-0.4, -0.2) is 62.2 Å². The average Bonchev–Trinajstić information content (AvgIpc) is 3.37. The number of fused-ring (bicyclic) bond motifs is 1. The normalized spacial score (nSPS) is 17.5. The van der Waals surface area contributed by atoms with Crippen LogP contribution in [-0.2, 0) is 21.3 Å². The fourth-order valence-corrected chi connectivity index (χ4v) is 4.89. The predicted molar refractivity (Wildman–Crippen MR) is 150 cm³/mol. The van der Waals surface area contributed by atoms with E-state index in [4.69, 9.17) is 19.4 Å². The number of carbonyl (C=O) groups excluding carboxylic acids is 2. The molecule has 0 bridgehead atoms. The maximum Gasteiger partial charge on any atom is 0.409 e. The molecule has 1 aliphatic rings. The van der Waals surface area contributed by atoms with Crippen LogP contribution in [0.3, 0.4) is 0 Å². The number of nitrogens with zero attached hydrogens (tertiary/aromatic N) is 6. The molecule has 11 nitrogen and oxygen atoms in total. The highest BCUT2D eigenvalue weighted by molar-refractivity contribution is 5.94. The standard InChI is InChI=1S/C29H33N7O4/c1-29(2,3)40-28(38)34-25-13-18(27(37)39-5)10-12-36(25)24-9-8-19(15-31-24)26-21-7-6-11-30-23(21)14-22(33-26)20-16-32-35(4)17-20/h6-9,11,14-18,25H,10,12-13H2,1-5H3,(H,34,38). The van der Waals surface area contributed by atoms with Crippen LogP contribution in [0.2, 0.25) is 0 Å². The molecule has 11 heteroatoms. The summed E-state index contributed by atoms with van der Waals surface area (Å²) in [6, 6.07) is 9.69. The third-order valence-corrected chi connectivity index (χ3v) is 6.74. The smallest absolute Gasteiger partial charge is 0.409 e. The third-order valence-electron chi connectivity index (χ3n) is 6.74. The Labute approximate surface area is 232 Å². The molecule has 40 heavy (non-hydrogen) atoms. The van der Waals surface area contributed by atoms with Gasteiger partial charge in [0.05, 0.1) is 36.1 Å². The molecule has 1 fully saturated rings. The van der Waals surface area contributed by atoms with E-state index >= 15 is 0 Å². The summed E-state index contributed by atoms with van der Waals surface area (Å²) in [5.41, 5.74) is 3.42. The second-order valence-corrected chi connectivity index (χ2v) is 10.8. The Morgan fingerprint density at radius 3 is 2.60 bits per heavy atom. The molecule has 4 aromatic heterocycles. The Hall–Kier alpha value is -4.54. The van der Waals surface area contributed by atoms with Crippen molar-refractivity contribution < 1.29 is 19.1 Å². The topological polar surface area (TPSA) is 124 Å². The lowest BCUT2D eigenvalue weighted by Crippen LogP contribution is -2.55. The number of hydrogen-bond donors (Lipinski definition) is 1. The molecule has 2 atom stereocenters. The second kappa shape index (κ2) is 10.9. The molecule has 1 N–H and O–H groups in total. The third kappa shape index (κ3) is 5.88. The minimum absolute atomic E-state index is 0.293. The Morgan fingerprint density at radius 1 is 1.10 bits per heavy atom. The quantitative estimate of drug-likeness (QED) is 0.366. The van der Waals surface area contributed by atoms with Gasteiger partial charge in [0.25, 0.3) is 0 Å². The fourth-order valence-electron chi connectivity index (χ4n) is 4.89. The zero-order valence-electron chi connectivity index (χ0n) is 23.3. The SMILES string of the molecule is COC(=O)C1CCN(c2ccc(-c3nc(-c4cnn(C)c4)cc4ncccc34)cn2)C(NC(=O)OC(C)(C)C)C1. The Morgan fingerprint density at radius 2 is 1.93 bits per heavy atom. The van der Waals surface area contributed by atoms with Gasteiger partial charge in [0.1, 0.15) is 17.6 Å². The summed E-state index contributed by atoms with van der Waals surface area (Å²) in [5.74, 6) is 0.0386. The maximum absolute atomic E-state index is 12.6. The number of carbonyl (C=O) groups is 2. The monoisotopic (exact) mass is 543 g/mol. The molecule has 0 radical (unpaired) electrons. The molecule has 1 saturated heterocycles. The van der Waals surface area contributed by atoms with Crippen molar-refractivity contribution in [3.63, 3.8) is 0 Å². The predicted octanol–water partition coefficient (Wildman–Crippen LogP) is 4.33. The van der Waals surface area contributed by atoms with E-state index in [9.17, 15) is 9.59 Å². The highest BCUT2D eigenvalue weighted by atomic mass is 16.6. The fraction of sp³-hybridized carbons (Fsp3) is 0.379. The first kappa shape index (κ1) is 27.0. The van der Waals surface area contributed by atoms with E-state index < -0.39 is 17.9 Å². The molecule has 5 rings (SSSR count). The zero-order chi connectivity index (χ0) is 28.4. The lowest BCUT2D eigenvalue weighted by molar-refractivity contribution is -0.146. The number of methoxy groups -OCH3 is 1. The van der Waals surface area contributed by atoms with Gasteiger partial charge in [0.15, 0.2) is 0 Å². The van der Waals surface area contributed by atoms with Crippen molar-refractivity contribution in [2.24, 2.45) is 13.0 Å². The molecule has 0 saturated carbocycles. The number of rotatable bonds is 5. The summed E-state index contributed by atoms with van der Waals surface area (Å²) in [6.07, 6.45) is 7.12. The Bertz CT molecular complexity index is 1530. The van der Waals surface area contributed by atoms with Crippen LogP contribution in [0.5, 0.6) is 0 Å². The van der Waals surface area contributed by atoms with Crippen LogP contribution in [0.1, 0.15) is 33.6 Å². The van der Waals surface area contributed by atoms with Crippen molar-refractivity contribution in [1.29, 1.82) is 0 Å². The number of ether oxygens (including phenoxy) is 2. The number of alkyl carbamates (subject to hydrolysis) is 1. The maximum atomic E-state index is 12.6. The van der Waals surface area contributed by atoms with Crippen molar-refractivity contribution in [3.8, 4) is 22.5 Å². The van der Waals surface area contributed by atoms with Crippen molar-refractivity contribution in [2.45, 2.75) is 45.4 Å². The number of amides is 1. The van der Waals surface area contributed by atoms with Gasteiger partial charge in [-0.3, -0.25) is 14.5 Å². The lowest BCUT2D eigenvalue weighted by Gasteiger charge is -2.39. The van der Waals surface area contributed by atoms with E-state index in [1.165, 1.54) is 7.11 Å². The van der Waals surface area contributed by atoms with E-state index in [1.54, 1.807) is 44.0 Å². The summed E-state index contributed by atoms with van der Waals surface area (Å²) < 4.78 is 12.2. The molecule has 2 unspecified atom stereocenters. The first-order chi connectivity index (χ1) is 19.1. The van der Waals surface area contributed by atoms with Crippen molar-refractivity contribution in [1.82, 2.24) is 30.0 Å². The number of anilines is 1. The highest BCUT2D eigenvalue weighted by Crippen LogP contribution is 2.32. The van der Waals surface area contributed by atoms with Crippen LogP contribution < -0.4 is 10.2 Å². The van der Waals surface area contributed by atoms with E-state index in [0.717, 1.165) is 33.4 Å². The number of hydrogen-bond acceptors (Lipinski definition) is 9. The second-order valence-electron chi connectivity index (χ2n) is 10.8. The Balaban J connectivity index is 1.46. The summed E-state index contributed by atoms with van der Waals surface area (Å²) in [5, 5.41) is 8.11. The molecule has 0 aromatic carbocycles. The van der Waals surface area contributed by atoms with Gasteiger partial charge in [0.2, 0.25) is 0 Å². The van der Waals surface area contributed by atoms with Gasteiger partial charge >= 0.3 is 12.1 Å². The van der Waals surface area contributed by atoms with Crippen LogP contribution in [0.15, 0.2) is 55.1 Å². The molecule has 1 amide bonds. The number of aryl methyl sites for hydroxylation is 1.